The molecule has 2 aliphatic heterocycles. The summed E-state index contributed by atoms with van der Waals surface area (Å²) in [5, 5.41) is 19.7. The molecule has 4 unspecified atom stereocenters. The molecule has 2 aliphatic rings. The van der Waals surface area contributed by atoms with Gasteiger partial charge >= 0.3 is 0 Å². The highest BCUT2D eigenvalue weighted by Crippen LogP contribution is 2.50. The van der Waals surface area contributed by atoms with Crippen LogP contribution in [0.25, 0.3) is 0 Å². The van der Waals surface area contributed by atoms with Crippen molar-refractivity contribution in [1.29, 1.82) is 5.26 Å². The molecule has 17 heavy (non-hydrogen) atoms. The van der Waals surface area contributed by atoms with E-state index in [1.807, 2.05) is 0 Å². The molecule has 0 aliphatic carbocycles. The predicted molar refractivity (Wildman–Crippen MR) is 65.3 cm³/mol. The second kappa shape index (κ2) is 5.37. The molecule has 0 amide bonds. The van der Waals surface area contributed by atoms with Crippen molar-refractivity contribution in [3.8, 4) is 6.07 Å². The van der Waals surface area contributed by atoms with Crippen molar-refractivity contribution in [3.05, 3.63) is 0 Å². The zero-order valence-corrected chi connectivity index (χ0v) is 10.7. The standard InChI is InChI=1S/C14H23NO2/c1-2-3-4-5-6-12(16)14(10-15)9-11-7-8-13(14)17-11/h11-13,16H,2-9H2,1H3. The molecule has 1 N–H and O–H groups in total. The van der Waals surface area contributed by atoms with E-state index in [2.05, 4.69) is 13.0 Å². The third kappa shape index (κ3) is 2.34. The molecule has 0 aromatic rings. The first-order valence-electron chi connectivity index (χ1n) is 6.97. The van der Waals surface area contributed by atoms with Gasteiger partial charge in [-0.05, 0) is 25.7 Å². The molecule has 4 atom stereocenters. The molecule has 0 aromatic heterocycles. The molecule has 2 rings (SSSR count). The maximum absolute atomic E-state index is 10.3. The molecular weight excluding hydrogens is 214 g/mol. The van der Waals surface area contributed by atoms with Gasteiger partial charge in [0.1, 0.15) is 5.41 Å². The third-order valence-electron chi connectivity index (χ3n) is 4.38. The van der Waals surface area contributed by atoms with E-state index < -0.39 is 11.5 Å². The van der Waals surface area contributed by atoms with Crippen molar-refractivity contribution in [3.63, 3.8) is 0 Å². The van der Waals surface area contributed by atoms with Gasteiger partial charge in [-0.25, -0.2) is 0 Å². The van der Waals surface area contributed by atoms with Crippen LogP contribution in [0, 0.1) is 16.7 Å². The number of hydrogen-bond donors (Lipinski definition) is 1. The van der Waals surface area contributed by atoms with E-state index in [-0.39, 0.29) is 12.2 Å². The molecule has 2 fully saturated rings. The van der Waals surface area contributed by atoms with Crippen LogP contribution in [0.5, 0.6) is 0 Å². The molecule has 2 bridgehead atoms. The van der Waals surface area contributed by atoms with Gasteiger partial charge in [0.2, 0.25) is 0 Å². The Morgan fingerprint density at radius 2 is 2.24 bits per heavy atom. The smallest absolute Gasteiger partial charge is 0.112 e. The number of rotatable bonds is 6. The summed E-state index contributed by atoms with van der Waals surface area (Å²) >= 11 is 0. The van der Waals surface area contributed by atoms with Gasteiger partial charge in [-0.2, -0.15) is 5.26 Å². The summed E-state index contributed by atoms with van der Waals surface area (Å²) in [6, 6.07) is 2.37. The average Bonchev–Trinajstić information content (AvgIpc) is 2.94. The second-order valence-electron chi connectivity index (χ2n) is 5.55. The summed E-state index contributed by atoms with van der Waals surface area (Å²) in [5.41, 5.74) is -0.602. The molecule has 2 heterocycles. The quantitative estimate of drug-likeness (QED) is 0.723. The summed E-state index contributed by atoms with van der Waals surface area (Å²) in [7, 11) is 0. The first kappa shape index (κ1) is 12.9. The van der Waals surface area contributed by atoms with Crippen LogP contribution in [-0.2, 0) is 4.74 Å². The Bertz CT molecular complexity index is 299. The highest BCUT2D eigenvalue weighted by Gasteiger charge is 2.56. The molecule has 96 valence electrons. The van der Waals surface area contributed by atoms with Crippen molar-refractivity contribution in [2.24, 2.45) is 5.41 Å². The minimum absolute atomic E-state index is 0.0151. The number of ether oxygens (including phenoxy) is 1. The lowest BCUT2D eigenvalue weighted by atomic mass is 9.70. The number of nitriles is 1. The Labute approximate surface area is 104 Å². The average molecular weight is 237 g/mol. The Kier molecular flexibility index (Phi) is 4.06. The van der Waals surface area contributed by atoms with Gasteiger partial charge in [-0.3, -0.25) is 0 Å². The first-order valence-corrected chi connectivity index (χ1v) is 6.97. The van der Waals surface area contributed by atoms with E-state index in [4.69, 9.17) is 4.74 Å². The van der Waals surface area contributed by atoms with E-state index in [1.54, 1.807) is 0 Å². The minimum Gasteiger partial charge on any atom is -0.391 e. The zero-order chi connectivity index (χ0) is 12.3. The Morgan fingerprint density at radius 3 is 2.76 bits per heavy atom. The van der Waals surface area contributed by atoms with E-state index in [1.165, 1.54) is 12.8 Å². The van der Waals surface area contributed by atoms with Crippen LogP contribution < -0.4 is 0 Å². The fourth-order valence-electron chi connectivity index (χ4n) is 3.31. The molecule has 0 radical (unpaired) electrons. The molecule has 0 aromatic carbocycles. The topological polar surface area (TPSA) is 53.2 Å². The molecule has 3 nitrogen and oxygen atoms in total. The van der Waals surface area contributed by atoms with Crippen molar-refractivity contribution in [1.82, 2.24) is 0 Å². The number of unbranched alkanes of at least 4 members (excludes halogenated alkanes) is 3. The third-order valence-corrected chi connectivity index (χ3v) is 4.38. The van der Waals surface area contributed by atoms with Crippen molar-refractivity contribution < 1.29 is 9.84 Å². The van der Waals surface area contributed by atoms with Gasteiger partial charge in [0.05, 0.1) is 24.4 Å². The number of aliphatic hydroxyl groups is 1. The Balaban J connectivity index is 1.88. The van der Waals surface area contributed by atoms with Crippen molar-refractivity contribution in [2.45, 2.75) is 76.6 Å². The van der Waals surface area contributed by atoms with Gasteiger partial charge in [-0.15, -0.1) is 0 Å². The SMILES string of the molecule is CCCCCCC(O)C1(C#N)CC2CCC1O2. The van der Waals surface area contributed by atoms with Crippen LogP contribution in [0.1, 0.15) is 58.3 Å². The van der Waals surface area contributed by atoms with E-state index >= 15 is 0 Å². The molecule has 2 saturated heterocycles. The van der Waals surface area contributed by atoms with Gasteiger partial charge in [-0.1, -0.05) is 32.6 Å². The molecule has 3 heteroatoms. The lowest BCUT2D eigenvalue weighted by Gasteiger charge is -2.33. The molecule has 0 spiro atoms. The predicted octanol–water partition coefficient (Wildman–Crippen LogP) is 2.78. The van der Waals surface area contributed by atoms with Gasteiger partial charge in [0, 0.05) is 0 Å². The summed E-state index contributed by atoms with van der Waals surface area (Å²) < 4.78 is 5.75. The van der Waals surface area contributed by atoms with Gasteiger partial charge in [0.25, 0.3) is 0 Å². The summed E-state index contributed by atoms with van der Waals surface area (Å²) in [4.78, 5) is 0. The minimum atomic E-state index is -0.602. The van der Waals surface area contributed by atoms with Crippen molar-refractivity contribution >= 4 is 0 Å². The Hall–Kier alpha value is -0.590. The fourth-order valence-corrected chi connectivity index (χ4v) is 3.31. The van der Waals surface area contributed by atoms with E-state index in [9.17, 15) is 10.4 Å². The highest BCUT2D eigenvalue weighted by atomic mass is 16.5. The number of nitrogens with zero attached hydrogens (tertiary/aromatic N) is 1. The fraction of sp³-hybridized carbons (Fsp3) is 0.929. The monoisotopic (exact) mass is 237 g/mol. The van der Waals surface area contributed by atoms with Crippen LogP contribution in [-0.4, -0.2) is 23.4 Å². The summed E-state index contributed by atoms with van der Waals surface area (Å²) in [6.07, 6.45) is 7.81. The van der Waals surface area contributed by atoms with Gasteiger partial charge < -0.3 is 9.84 Å². The largest absolute Gasteiger partial charge is 0.391 e. The van der Waals surface area contributed by atoms with Crippen LogP contribution in [0.15, 0.2) is 0 Å². The maximum atomic E-state index is 10.3. The zero-order valence-electron chi connectivity index (χ0n) is 10.7. The Morgan fingerprint density at radius 1 is 1.41 bits per heavy atom. The summed E-state index contributed by atoms with van der Waals surface area (Å²) in [5.74, 6) is 0. The van der Waals surface area contributed by atoms with Crippen LogP contribution in [0.2, 0.25) is 0 Å². The van der Waals surface area contributed by atoms with Crippen LogP contribution in [0.4, 0.5) is 0 Å². The van der Waals surface area contributed by atoms with Crippen LogP contribution in [0.3, 0.4) is 0 Å². The van der Waals surface area contributed by atoms with Crippen molar-refractivity contribution in [2.75, 3.05) is 0 Å². The molecular formula is C14H23NO2. The van der Waals surface area contributed by atoms with Gasteiger partial charge in [0.15, 0.2) is 0 Å². The van der Waals surface area contributed by atoms with Crippen LogP contribution >= 0.6 is 0 Å². The number of hydrogen-bond acceptors (Lipinski definition) is 3. The number of aliphatic hydroxyl groups excluding tert-OH is 1. The second-order valence-corrected chi connectivity index (χ2v) is 5.55. The lowest BCUT2D eigenvalue weighted by molar-refractivity contribution is -0.000558. The van der Waals surface area contributed by atoms with E-state index in [0.717, 1.165) is 38.5 Å². The highest BCUT2D eigenvalue weighted by molar-refractivity contribution is 5.15. The molecule has 0 saturated carbocycles. The summed E-state index contributed by atoms with van der Waals surface area (Å²) in [6.45, 7) is 2.18. The maximum Gasteiger partial charge on any atom is 0.112 e. The first-order chi connectivity index (χ1) is 8.23. The number of fused-ring (bicyclic) bond motifs is 2. The lowest BCUT2D eigenvalue weighted by Crippen LogP contribution is -2.42. The van der Waals surface area contributed by atoms with E-state index in [0.29, 0.717) is 0 Å². The normalized spacial score (nSPS) is 37.0.